The van der Waals surface area contributed by atoms with Gasteiger partial charge >= 0.3 is 0 Å². The molecule has 0 fully saturated rings. The van der Waals surface area contributed by atoms with Crippen LogP contribution in [0, 0.1) is 0 Å². The van der Waals surface area contributed by atoms with E-state index >= 15 is 0 Å². The van der Waals surface area contributed by atoms with Crippen molar-refractivity contribution < 1.29 is 4.74 Å². The number of nitrogens with one attached hydrogen (secondary N) is 2. The molecule has 2 rings (SSSR count). The molecule has 1 heterocycles. The Morgan fingerprint density at radius 2 is 2.22 bits per heavy atom. The van der Waals surface area contributed by atoms with E-state index in [2.05, 4.69) is 42.7 Å². The first-order chi connectivity index (χ1) is 8.62. The van der Waals surface area contributed by atoms with Crippen molar-refractivity contribution in [3.05, 3.63) is 29.3 Å². The van der Waals surface area contributed by atoms with Crippen molar-refractivity contribution in [1.82, 2.24) is 5.32 Å². The van der Waals surface area contributed by atoms with Gasteiger partial charge in [0.2, 0.25) is 0 Å². The van der Waals surface area contributed by atoms with Crippen molar-refractivity contribution >= 4 is 5.69 Å². The van der Waals surface area contributed by atoms with Crippen molar-refractivity contribution in [3.8, 4) is 0 Å². The summed E-state index contributed by atoms with van der Waals surface area (Å²) in [6.07, 6.45) is 2.43. The first-order valence-corrected chi connectivity index (χ1v) is 6.73. The van der Waals surface area contributed by atoms with Gasteiger partial charge in [0.05, 0.1) is 5.60 Å². The molecule has 3 nitrogen and oxygen atoms in total. The maximum Gasteiger partial charge on any atom is 0.0746 e. The van der Waals surface area contributed by atoms with E-state index in [0.717, 1.165) is 19.6 Å². The second-order valence-corrected chi connectivity index (χ2v) is 5.55. The van der Waals surface area contributed by atoms with Crippen molar-refractivity contribution in [3.63, 3.8) is 0 Å². The van der Waals surface area contributed by atoms with Gasteiger partial charge in [-0.2, -0.15) is 0 Å². The van der Waals surface area contributed by atoms with Gasteiger partial charge in [0.15, 0.2) is 0 Å². The summed E-state index contributed by atoms with van der Waals surface area (Å²) in [5, 5.41) is 7.00. The molecule has 2 N–H and O–H groups in total. The van der Waals surface area contributed by atoms with Gasteiger partial charge < -0.3 is 15.4 Å². The highest BCUT2D eigenvalue weighted by molar-refractivity contribution is 5.59. The summed E-state index contributed by atoms with van der Waals surface area (Å²) in [5.74, 6) is 0. The van der Waals surface area contributed by atoms with Crippen LogP contribution in [0.2, 0.25) is 0 Å². The van der Waals surface area contributed by atoms with Crippen LogP contribution < -0.4 is 10.6 Å². The average Bonchev–Trinajstić information content (AvgIpc) is 2.39. The lowest BCUT2D eigenvalue weighted by Gasteiger charge is -2.25. The highest BCUT2D eigenvalue weighted by atomic mass is 16.5. The number of rotatable bonds is 5. The first kappa shape index (κ1) is 13.4. The van der Waals surface area contributed by atoms with Crippen molar-refractivity contribution in [1.29, 1.82) is 0 Å². The standard InChI is InChI=1S/C15H24N2O/c1-15(2,18-3)11-16-10-13-7-4-6-12-8-5-9-17-14(12)13/h4,6-7,16-17H,5,8-11H2,1-3H3. The summed E-state index contributed by atoms with van der Waals surface area (Å²) >= 11 is 0. The molecule has 0 radical (unpaired) electrons. The molecule has 0 bridgehead atoms. The highest BCUT2D eigenvalue weighted by Crippen LogP contribution is 2.25. The van der Waals surface area contributed by atoms with Crippen molar-refractivity contribution in [2.45, 2.75) is 38.8 Å². The molecule has 1 aliphatic rings. The molecule has 3 heteroatoms. The Bertz CT molecular complexity index is 401. The Morgan fingerprint density at radius 3 is 3.00 bits per heavy atom. The predicted octanol–water partition coefficient (Wildman–Crippen LogP) is 2.56. The molecule has 0 saturated carbocycles. The van der Waals surface area contributed by atoms with E-state index < -0.39 is 0 Å². The zero-order chi connectivity index (χ0) is 13.0. The van der Waals surface area contributed by atoms with Crippen LogP contribution in [0.3, 0.4) is 0 Å². The first-order valence-electron chi connectivity index (χ1n) is 6.73. The fourth-order valence-electron chi connectivity index (χ4n) is 2.30. The van der Waals surface area contributed by atoms with E-state index in [1.165, 1.54) is 29.7 Å². The predicted molar refractivity (Wildman–Crippen MR) is 76.0 cm³/mol. The minimum Gasteiger partial charge on any atom is -0.385 e. The van der Waals surface area contributed by atoms with Gasteiger partial charge in [-0.15, -0.1) is 0 Å². The number of benzene rings is 1. The molecule has 0 amide bonds. The number of methoxy groups -OCH3 is 1. The minimum atomic E-state index is -0.109. The molecule has 0 aromatic heterocycles. The molecule has 100 valence electrons. The topological polar surface area (TPSA) is 33.3 Å². The van der Waals surface area contributed by atoms with E-state index in [1.54, 1.807) is 7.11 Å². The summed E-state index contributed by atoms with van der Waals surface area (Å²) in [7, 11) is 1.76. The summed E-state index contributed by atoms with van der Waals surface area (Å²) in [5.41, 5.74) is 4.04. The number of aryl methyl sites for hydroxylation is 1. The molecule has 0 unspecified atom stereocenters. The Hall–Kier alpha value is -1.06. The Balaban J connectivity index is 1.97. The van der Waals surface area contributed by atoms with Gasteiger partial charge in [0.25, 0.3) is 0 Å². The van der Waals surface area contributed by atoms with Crippen LogP contribution in [0.15, 0.2) is 18.2 Å². The molecule has 1 aromatic carbocycles. The Labute approximate surface area is 110 Å². The molecular weight excluding hydrogens is 224 g/mol. The molecular formula is C15H24N2O. The smallest absolute Gasteiger partial charge is 0.0746 e. The maximum absolute atomic E-state index is 5.41. The van der Waals surface area contributed by atoms with E-state index in [4.69, 9.17) is 4.74 Å². The van der Waals surface area contributed by atoms with Gasteiger partial charge in [-0.3, -0.25) is 0 Å². The van der Waals surface area contributed by atoms with E-state index in [-0.39, 0.29) is 5.60 Å². The quantitative estimate of drug-likeness (QED) is 0.840. The van der Waals surface area contributed by atoms with Gasteiger partial charge in [0, 0.05) is 32.4 Å². The number of para-hydroxylation sites is 1. The third-order valence-corrected chi connectivity index (χ3v) is 3.58. The zero-order valence-electron chi connectivity index (χ0n) is 11.7. The maximum atomic E-state index is 5.41. The SMILES string of the molecule is COC(C)(C)CNCc1cccc2c1NCCC2. The molecule has 0 saturated heterocycles. The second kappa shape index (κ2) is 5.72. The van der Waals surface area contributed by atoms with Crippen LogP contribution >= 0.6 is 0 Å². The molecule has 18 heavy (non-hydrogen) atoms. The molecule has 0 atom stereocenters. The van der Waals surface area contributed by atoms with E-state index in [0.29, 0.717) is 0 Å². The minimum absolute atomic E-state index is 0.109. The van der Waals surface area contributed by atoms with Crippen molar-refractivity contribution in [2.75, 3.05) is 25.5 Å². The molecule has 1 aromatic rings. The lowest BCUT2D eigenvalue weighted by Crippen LogP contribution is -2.36. The monoisotopic (exact) mass is 248 g/mol. The number of hydrogen-bond acceptors (Lipinski definition) is 3. The van der Waals surface area contributed by atoms with Crippen molar-refractivity contribution in [2.24, 2.45) is 0 Å². The summed E-state index contributed by atoms with van der Waals surface area (Å²) in [6, 6.07) is 6.58. The number of anilines is 1. The van der Waals surface area contributed by atoms with Gasteiger partial charge in [-0.05, 0) is 37.8 Å². The molecule has 1 aliphatic heterocycles. The number of ether oxygens (including phenoxy) is 1. The fraction of sp³-hybridized carbons (Fsp3) is 0.600. The third-order valence-electron chi connectivity index (χ3n) is 3.58. The average molecular weight is 248 g/mol. The largest absolute Gasteiger partial charge is 0.385 e. The highest BCUT2D eigenvalue weighted by Gasteiger charge is 2.16. The summed E-state index contributed by atoms with van der Waals surface area (Å²) in [6.45, 7) is 7.03. The van der Waals surface area contributed by atoms with E-state index in [9.17, 15) is 0 Å². The van der Waals surface area contributed by atoms with Crippen LogP contribution in [-0.4, -0.2) is 25.8 Å². The normalized spacial score (nSPS) is 15.1. The number of fused-ring (bicyclic) bond motifs is 1. The summed E-state index contributed by atoms with van der Waals surface area (Å²) < 4.78 is 5.41. The van der Waals surface area contributed by atoms with Crippen LogP contribution in [-0.2, 0) is 17.7 Å². The van der Waals surface area contributed by atoms with Gasteiger partial charge in [-0.1, -0.05) is 18.2 Å². The number of hydrogen-bond donors (Lipinski definition) is 2. The van der Waals surface area contributed by atoms with Crippen LogP contribution in [0.4, 0.5) is 5.69 Å². The second-order valence-electron chi connectivity index (χ2n) is 5.55. The molecule has 0 aliphatic carbocycles. The Morgan fingerprint density at radius 1 is 1.39 bits per heavy atom. The van der Waals surface area contributed by atoms with Gasteiger partial charge in [-0.25, -0.2) is 0 Å². The van der Waals surface area contributed by atoms with Gasteiger partial charge in [0.1, 0.15) is 0 Å². The molecule has 0 spiro atoms. The fourth-order valence-corrected chi connectivity index (χ4v) is 2.30. The van der Waals surface area contributed by atoms with Crippen LogP contribution in [0.25, 0.3) is 0 Å². The van der Waals surface area contributed by atoms with Crippen LogP contribution in [0.1, 0.15) is 31.4 Å². The third kappa shape index (κ3) is 3.24. The lowest BCUT2D eigenvalue weighted by molar-refractivity contribution is 0.0231. The Kier molecular flexibility index (Phi) is 4.25. The lowest BCUT2D eigenvalue weighted by atomic mass is 9.99. The van der Waals surface area contributed by atoms with Crippen LogP contribution in [0.5, 0.6) is 0 Å². The summed E-state index contributed by atoms with van der Waals surface area (Å²) in [4.78, 5) is 0. The van der Waals surface area contributed by atoms with E-state index in [1.807, 2.05) is 0 Å². The zero-order valence-corrected chi connectivity index (χ0v) is 11.7.